The second-order valence-corrected chi connectivity index (χ2v) is 7.64. The maximum atomic E-state index is 13.2. The van der Waals surface area contributed by atoms with E-state index in [-0.39, 0.29) is 11.4 Å². The lowest BCUT2D eigenvalue weighted by Gasteiger charge is -2.19. The quantitative estimate of drug-likeness (QED) is 0.725. The van der Waals surface area contributed by atoms with Crippen molar-refractivity contribution in [3.63, 3.8) is 0 Å². The van der Waals surface area contributed by atoms with E-state index in [9.17, 15) is 26.4 Å². The van der Waals surface area contributed by atoms with Crippen LogP contribution in [0.25, 0.3) is 0 Å². The number of alkyl halides is 3. The molecule has 0 saturated heterocycles. The lowest BCUT2D eigenvalue weighted by Crippen LogP contribution is -2.43. The van der Waals surface area contributed by atoms with Crippen molar-refractivity contribution in [2.24, 2.45) is 0 Å². The zero-order chi connectivity index (χ0) is 20.2. The fourth-order valence-corrected chi connectivity index (χ4v) is 3.94. The van der Waals surface area contributed by atoms with E-state index >= 15 is 0 Å². The van der Waals surface area contributed by atoms with Crippen LogP contribution in [0.15, 0.2) is 53.4 Å². The lowest BCUT2D eigenvalue weighted by atomic mass is 10.1. The molecular formula is C17H15ClF3NO4S. The summed E-state index contributed by atoms with van der Waals surface area (Å²) in [6, 6.07) is 9.25. The van der Waals surface area contributed by atoms with Crippen LogP contribution in [0.2, 0.25) is 5.02 Å². The van der Waals surface area contributed by atoms with E-state index in [2.05, 4.69) is 4.74 Å². The normalized spacial score (nSPS) is 13.2. The summed E-state index contributed by atoms with van der Waals surface area (Å²) in [4.78, 5) is 10.9. The average molecular weight is 422 g/mol. The smallest absolute Gasteiger partial charge is 0.417 e. The molecular weight excluding hydrogens is 407 g/mol. The van der Waals surface area contributed by atoms with Gasteiger partial charge in [0.1, 0.15) is 6.04 Å². The third-order valence-corrected chi connectivity index (χ3v) is 5.37. The van der Waals surface area contributed by atoms with Gasteiger partial charge >= 0.3 is 12.1 Å². The summed E-state index contributed by atoms with van der Waals surface area (Å²) < 4.78 is 71.4. The molecule has 1 N–H and O–H groups in total. The van der Waals surface area contributed by atoms with Crippen molar-refractivity contribution in [1.82, 2.24) is 4.72 Å². The fourth-order valence-electron chi connectivity index (χ4n) is 2.37. The molecule has 0 aliphatic carbocycles. The van der Waals surface area contributed by atoms with Crippen LogP contribution >= 0.6 is 11.6 Å². The van der Waals surface area contributed by atoms with Crippen molar-refractivity contribution in [3.8, 4) is 0 Å². The Morgan fingerprint density at radius 2 is 1.81 bits per heavy atom. The minimum Gasteiger partial charge on any atom is -0.468 e. The summed E-state index contributed by atoms with van der Waals surface area (Å²) in [5.41, 5.74) is -0.825. The highest BCUT2D eigenvalue weighted by molar-refractivity contribution is 7.89. The van der Waals surface area contributed by atoms with Crippen LogP contribution in [0.1, 0.15) is 11.1 Å². The van der Waals surface area contributed by atoms with E-state index in [1.54, 1.807) is 30.3 Å². The number of halogens is 4. The Labute approximate surface area is 159 Å². The number of methoxy groups -OCH3 is 1. The van der Waals surface area contributed by atoms with Crippen LogP contribution in [0.5, 0.6) is 0 Å². The Morgan fingerprint density at radius 1 is 1.19 bits per heavy atom. The topological polar surface area (TPSA) is 72.5 Å². The van der Waals surface area contributed by atoms with Crippen LogP contribution in [0.4, 0.5) is 13.2 Å². The molecule has 2 aromatic rings. The molecule has 27 heavy (non-hydrogen) atoms. The molecule has 10 heteroatoms. The van der Waals surface area contributed by atoms with Crippen molar-refractivity contribution in [1.29, 1.82) is 0 Å². The van der Waals surface area contributed by atoms with Gasteiger partial charge in [-0.1, -0.05) is 41.9 Å². The standard InChI is InChI=1S/C17H15ClF3NO4S/c1-26-16(23)14(9-11-5-3-2-4-6-11)22-27(24,25)15-8-7-12(18)10-13(15)17(19,20)21/h2-8,10,14,22H,9H2,1H3/t14-/m1/s1. The molecule has 0 amide bonds. The van der Waals surface area contributed by atoms with Gasteiger partial charge in [0.15, 0.2) is 0 Å². The second kappa shape index (κ2) is 8.28. The molecule has 0 aromatic heterocycles. The molecule has 0 aliphatic heterocycles. The summed E-state index contributed by atoms with van der Waals surface area (Å²) in [6.07, 6.45) is -5.04. The molecule has 146 valence electrons. The van der Waals surface area contributed by atoms with Crippen molar-refractivity contribution in [2.45, 2.75) is 23.5 Å². The van der Waals surface area contributed by atoms with Crippen LogP contribution in [0, 0.1) is 0 Å². The number of carbonyl (C=O) groups is 1. The Balaban J connectivity index is 2.41. The minimum atomic E-state index is -4.95. The summed E-state index contributed by atoms with van der Waals surface area (Å²) in [7, 11) is -3.64. The van der Waals surface area contributed by atoms with Gasteiger partial charge in [-0.05, 0) is 30.2 Å². The van der Waals surface area contributed by atoms with Gasteiger partial charge in [-0.25, -0.2) is 8.42 Å². The van der Waals surface area contributed by atoms with Gasteiger partial charge in [-0.15, -0.1) is 0 Å². The number of carbonyl (C=O) groups excluding carboxylic acids is 1. The van der Waals surface area contributed by atoms with E-state index < -0.39 is 38.7 Å². The number of nitrogens with one attached hydrogen (secondary N) is 1. The van der Waals surface area contributed by atoms with Gasteiger partial charge in [0.2, 0.25) is 10.0 Å². The summed E-state index contributed by atoms with van der Waals surface area (Å²) >= 11 is 5.57. The molecule has 0 bridgehead atoms. The van der Waals surface area contributed by atoms with E-state index in [4.69, 9.17) is 11.6 Å². The molecule has 0 unspecified atom stereocenters. The van der Waals surface area contributed by atoms with Crippen LogP contribution in [-0.2, 0) is 32.2 Å². The van der Waals surface area contributed by atoms with Crippen LogP contribution < -0.4 is 4.72 Å². The lowest BCUT2D eigenvalue weighted by molar-refractivity contribution is -0.142. The molecule has 0 radical (unpaired) electrons. The monoisotopic (exact) mass is 421 g/mol. The number of esters is 1. The number of ether oxygens (including phenoxy) is 1. The van der Waals surface area contributed by atoms with Crippen LogP contribution in [0.3, 0.4) is 0 Å². The zero-order valence-corrected chi connectivity index (χ0v) is 15.5. The third kappa shape index (κ3) is 5.44. The molecule has 2 rings (SSSR count). The van der Waals surface area contributed by atoms with Crippen molar-refractivity contribution in [3.05, 3.63) is 64.7 Å². The zero-order valence-electron chi connectivity index (χ0n) is 14.0. The number of hydrogen-bond acceptors (Lipinski definition) is 4. The third-order valence-electron chi connectivity index (χ3n) is 3.60. The summed E-state index contributed by atoms with van der Waals surface area (Å²) in [5, 5.41) is -0.268. The van der Waals surface area contributed by atoms with E-state index in [0.29, 0.717) is 11.6 Å². The largest absolute Gasteiger partial charge is 0.468 e. The molecule has 0 aliphatic rings. The molecule has 0 fully saturated rings. The summed E-state index contributed by atoms with van der Waals surface area (Å²) in [6.45, 7) is 0. The molecule has 0 heterocycles. The van der Waals surface area contributed by atoms with Gasteiger partial charge in [-0.3, -0.25) is 4.79 Å². The minimum absolute atomic E-state index is 0.0956. The number of benzene rings is 2. The highest BCUT2D eigenvalue weighted by Gasteiger charge is 2.38. The Bertz CT molecular complexity index is 918. The first kappa shape index (κ1) is 21.2. The molecule has 1 atom stereocenters. The van der Waals surface area contributed by atoms with Crippen molar-refractivity contribution < 1.29 is 31.1 Å². The first-order valence-electron chi connectivity index (χ1n) is 7.55. The summed E-state index contributed by atoms with van der Waals surface area (Å²) in [5.74, 6) is -0.926. The molecule has 2 aromatic carbocycles. The van der Waals surface area contributed by atoms with E-state index in [1.165, 1.54) is 0 Å². The predicted molar refractivity (Wildman–Crippen MR) is 92.7 cm³/mol. The highest BCUT2D eigenvalue weighted by Crippen LogP contribution is 2.35. The van der Waals surface area contributed by atoms with Crippen molar-refractivity contribution in [2.75, 3.05) is 7.11 Å². The van der Waals surface area contributed by atoms with Gasteiger partial charge in [0.25, 0.3) is 0 Å². The first-order valence-corrected chi connectivity index (χ1v) is 9.41. The van der Waals surface area contributed by atoms with Gasteiger partial charge < -0.3 is 4.74 Å². The molecule has 5 nitrogen and oxygen atoms in total. The SMILES string of the molecule is COC(=O)[C@@H](Cc1ccccc1)NS(=O)(=O)c1ccc(Cl)cc1C(F)(F)F. The number of hydrogen-bond donors (Lipinski definition) is 1. The van der Waals surface area contributed by atoms with Gasteiger partial charge in [-0.2, -0.15) is 17.9 Å². The average Bonchev–Trinajstić information content (AvgIpc) is 2.60. The van der Waals surface area contributed by atoms with Crippen LogP contribution in [-0.4, -0.2) is 27.5 Å². The van der Waals surface area contributed by atoms with Gasteiger partial charge in [0, 0.05) is 5.02 Å². The van der Waals surface area contributed by atoms with E-state index in [1.807, 2.05) is 4.72 Å². The number of sulfonamides is 1. The van der Waals surface area contributed by atoms with Crippen molar-refractivity contribution >= 4 is 27.6 Å². The van der Waals surface area contributed by atoms with Gasteiger partial charge in [0.05, 0.1) is 17.6 Å². The molecule has 0 spiro atoms. The Morgan fingerprint density at radius 3 is 2.37 bits per heavy atom. The van der Waals surface area contributed by atoms with E-state index in [0.717, 1.165) is 19.2 Å². The predicted octanol–water partition coefficient (Wildman–Crippen LogP) is 3.42. The highest BCUT2D eigenvalue weighted by atomic mass is 35.5. The maximum Gasteiger partial charge on any atom is 0.417 e. The number of rotatable bonds is 6. The Hall–Kier alpha value is -2.10. The maximum absolute atomic E-state index is 13.2. The first-order chi connectivity index (χ1) is 12.5. The second-order valence-electron chi connectivity index (χ2n) is 5.52. The Kier molecular flexibility index (Phi) is 6.50. The molecule has 0 saturated carbocycles. The fraction of sp³-hybridized carbons (Fsp3) is 0.235.